The van der Waals surface area contributed by atoms with Crippen LogP contribution in [0.3, 0.4) is 0 Å². The van der Waals surface area contributed by atoms with Crippen LogP contribution in [0.1, 0.15) is 12.0 Å². The number of thiophene rings is 1. The maximum atomic E-state index is 11.8. The third kappa shape index (κ3) is 3.76. The van der Waals surface area contributed by atoms with Crippen LogP contribution in [0.15, 0.2) is 16.8 Å². The van der Waals surface area contributed by atoms with Crippen LogP contribution in [0.2, 0.25) is 0 Å². The average molecular weight is 274 g/mol. The summed E-state index contributed by atoms with van der Waals surface area (Å²) in [7, 11) is -5.44. The normalized spacial score (nSPS) is 12.9. The highest BCUT2D eigenvalue weighted by atomic mass is 32.2. The van der Waals surface area contributed by atoms with E-state index >= 15 is 0 Å². The molecule has 1 aromatic heterocycles. The molecule has 0 unspecified atom stereocenters. The zero-order valence-electron chi connectivity index (χ0n) is 8.03. The van der Waals surface area contributed by atoms with E-state index < -0.39 is 22.2 Å². The molecule has 0 saturated heterocycles. The average Bonchev–Trinajstić information content (AvgIpc) is 2.63. The molecule has 0 bridgehead atoms. The minimum Gasteiger partial charge on any atom is -0.263 e. The van der Waals surface area contributed by atoms with Gasteiger partial charge in [0.15, 0.2) is 0 Å². The fraction of sp³-hybridized carbons (Fsp3) is 0.500. The highest BCUT2D eigenvalue weighted by Crippen LogP contribution is 2.24. The van der Waals surface area contributed by atoms with E-state index in [2.05, 4.69) is 4.18 Å². The summed E-state index contributed by atoms with van der Waals surface area (Å²) in [5.74, 6) is 0. The molecule has 0 amide bonds. The van der Waals surface area contributed by atoms with Crippen molar-refractivity contribution in [1.82, 2.24) is 0 Å². The second kappa shape index (κ2) is 5.15. The van der Waals surface area contributed by atoms with E-state index in [-0.39, 0.29) is 6.42 Å². The smallest absolute Gasteiger partial charge is 0.263 e. The summed E-state index contributed by atoms with van der Waals surface area (Å²) in [5, 5.41) is 3.68. The molecule has 3 nitrogen and oxygen atoms in total. The van der Waals surface area contributed by atoms with Crippen molar-refractivity contribution in [3.8, 4) is 0 Å². The lowest BCUT2D eigenvalue weighted by molar-refractivity contribution is -0.0542. The predicted molar refractivity (Wildman–Crippen MR) is 53.6 cm³/mol. The molecule has 0 aliphatic rings. The Bertz CT molecular complexity index is 408. The van der Waals surface area contributed by atoms with Crippen molar-refractivity contribution < 1.29 is 25.8 Å². The molecule has 16 heavy (non-hydrogen) atoms. The van der Waals surface area contributed by atoms with Crippen molar-refractivity contribution in [2.45, 2.75) is 18.3 Å². The van der Waals surface area contributed by atoms with Gasteiger partial charge in [-0.3, -0.25) is 4.18 Å². The van der Waals surface area contributed by atoms with Crippen molar-refractivity contribution in [2.24, 2.45) is 0 Å². The molecular formula is C8H9F3O3S2. The molecule has 0 N–H and O–H groups in total. The number of alkyl halides is 3. The number of rotatable bonds is 5. The Morgan fingerprint density at radius 2 is 2.06 bits per heavy atom. The van der Waals surface area contributed by atoms with Crippen LogP contribution in [0.4, 0.5) is 13.2 Å². The van der Waals surface area contributed by atoms with E-state index in [1.54, 1.807) is 0 Å². The van der Waals surface area contributed by atoms with Crippen molar-refractivity contribution >= 4 is 21.5 Å². The molecule has 0 saturated carbocycles. The summed E-state index contributed by atoms with van der Waals surface area (Å²) in [5.41, 5.74) is -4.38. The molecule has 0 fully saturated rings. The van der Waals surface area contributed by atoms with Gasteiger partial charge >= 0.3 is 15.6 Å². The molecule has 0 atom stereocenters. The highest BCUT2D eigenvalue weighted by molar-refractivity contribution is 7.87. The van der Waals surface area contributed by atoms with E-state index in [9.17, 15) is 21.6 Å². The van der Waals surface area contributed by atoms with E-state index in [0.717, 1.165) is 5.56 Å². The summed E-state index contributed by atoms with van der Waals surface area (Å²) in [6.07, 6.45) is 0.725. The molecule has 92 valence electrons. The van der Waals surface area contributed by atoms with Crippen molar-refractivity contribution in [3.05, 3.63) is 22.4 Å². The van der Waals surface area contributed by atoms with Gasteiger partial charge in [-0.15, -0.1) is 0 Å². The topological polar surface area (TPSA) is 43.4 Å². The molecule has 0 radical (unpaired) electrons. The molecule has 1 heterocycles. The number of hydrogen-bond donors (Lipinski definition) is 0. The number of hydrogen-bond acceptors (Lipinski definition) is 4. The maximum Gasteiger partial charge on any atom is 0.523 e. The van der Waals surface area contributed by atoms with Crippen LogP contribution in [0, 0.1) is 0 Å². The van der Waals surface area contributed by atoms with E-state index in [4.69, 9.17) is 0 Å². The van der Waals surface area contributed by atoms with Crippen LogP contribution in [-0.2, 0) is 20.7 Å². The van der Waals surface area contributed by atoms with Gasteiger partial charge in [0.1, 0.15) is 0 Å². The first-order valence-electron chi connectivity index (χ1n) is 4.30. The third-order valence-corrected chi connectivity index (χ3v) is 3.49. The highest BCUT2D eigenvalue weighted by Gasteiger charge is 2.47. The van der Waals surface area contributed by atoms with E-state index in [0.29, 0.717) is 6.42 Å². The molecule has 1 aromatic rings. The standard InChI is InChI=1S/C8H9F3O3S2/c9-8(10,11)16(12,13)14-4-1-2-7-3-5-15-6-7/h3,5-6H,1-2,4H2. The Labute approximate surface area is 95.0 Å². The fourth-order valence-electron chi connectivity index (χ4n) is 0.947. The van der Waals surface area contributed by atoms with Crippen molar-refractivity contribution in [1.29, 1.82) is 0 Å². The van der Waals surface area contributed by atoms with E-state index in [1.807, 2.05) is 16.8 Å². The first-order chi connectivity index (χ1) is 7.33. The van der Waals surface area contributed by atoms with E-state index in [1.165, 1.54) is 11.3 Å². The van der Waals surface area contributed by atoms with Crippen LogP contribution in [0.5, 0.6) is 0 Å². The lowest BCUT2D eigenvalue weighted by atomic mass is 10.2. The van der Waals surface area contributed by atoms with Gasteiger partial charge in [-0.05, 0) is 35.2 Å². The molecular weight excluding hydrogens is 265 g/mol. The second-order valence-electron chi connectivity index (χ2n) is 2.96. The zero-order chi connectivity index (χ0) is 12.2. The minimum atomic E-state index is -5.44. The summed E-state index contributed by atoms with van der Waals surface area (Å²) in [6, 6.07) is 1.82. The van der Waals surface area contributed by atoms with Gasteiger partial charge in [-0.25, -0.2) is 0 Å². The Balaban J connectivity index is 2.31. The second-order valence-corrected chi connectivity index (χ2v) is 5.34. The van der Waals surface area contributed by atoms with Crippen LogP contribution >= 0.6 is 11.3 Å². The molecule has 0 spiro atoms. The largest absolute Gasteiger partial charge is 0.523 e. The van der Waals surface area contributed by atoms with Crippen LogP contribution in [-0.4, -0.2) is 20.5 Å². The van der Waals surface area contributed by atoms with Gasteiger partial charge < -0.3 is 0 Å². The van der Waals surface area contributed by atoms with Gasteiger partial charge in [0.05, 0.1) is 6.61 Å². The van der Waals surface area contributed by atoms with Gasteiger partial charge in [0.25, 0.3) is 0 Å². The lowest BCUT2D eigenvalue weighted by Crippen LogP contribution is -2.25. The first kappa shape index (κ1) is 13.5. The SMILES string of the molecule is O=S(=O)(OCCCc1ccsc1)C(F)(F)F. The molecule has 8 heteroatoms. The molecule has 1 rings (SSSR count). The predicted octanol–water partition coefficient (Wildman–Crippen LogP) is 2.55. The summed E-state index contributed by atoms with van der Waals surface area (Å²) in [4.78, 5) is 0. The monoisotopic (exact) mass is 274 g/mol. The van der Waals surface area contributed by atoms with Gasteiger partial charge in [-0.1, -0.05) is 0 Å². The Kier molecular flexibility index (Phi) is 4.34. The first-order valence-corrected chi connectivity index (χ1v) is 6.65. The fourth-order valence-corrected chi connectivity index (χ4v) is 2.12. The zero-order valence-corrected chi connectivity index (χ0v) is 9.66. The van der Waals surface area contributed by atoms with Gasteiger partial charge in [-0.2, -0.15) is 32.9 Å². The van der Waals surface area contributed by atoms with Crippen LogP contribution in [0.25, 0.3) is 0 Å². The van der Waals surface area contributed by atoms with Crippen LogP contribution < -0.4 is 0 Å². The summed E-state index contributed by atoms with van der Waals surface area (Å²) >= 11 is 1.47. The third-order valence-electron chi connectivity index (χ3n) is 1.71. The Morgan fingerprint density at radius 1 is 1.38 bits per heavy atom. The van der Waals surface area contributed by atoms with Crippen molar-refractivity contribution in [3.63, 3.8) is 0 Å². The minimum absolute atomic E-state index is 0.228. The summed E-state index contributed by atoms with van der Waals surface area (Å²) in [6.45, 7) is -0.461. The molecule has 0 aliphatic heterocycles. The molecule has 0 aromatic carbocycles. The number of aryl methyl sites for hydroxylation is 1. The lowest BCUT2D eigenvalue weighted by Gasteiger charge is -2.07. The van der Waals surface area contributed by atoms with Gasteiger partial charge in [0, 0.05) is 0 Å². The number of halogens is 3. The Morgan fingerprint density at radius 3 is 2.56 bits per heavy atom. The maximum absolute atomic E-state index is 11.8. The van der Waals surface area contributed by atoms with Crippen molar-refractivity contribution in [2.75, 3.05) is 6.61 Å². The quantitative estimate of drug-likeness (QED) is 0.471. The Hall–Kier alpha value is -0.600. The summed E-state index contributed by atoms with van der Waals surface area (Å²) < 4.78 is 60.2. The van der Waals surface area contributed by atoms with Gasteiger partial charge in [0.2, 0.25) is 0 Å². The molecule has 0 aliphatic carbocycles.